The molecule has 0 N–H and O–H groups in total. The smallest absolute Gasteiger partial charge is 0.256 e. The van der Waals surface area contributed by atoms with Crippen molar-refractivity contribution >= 4 is 5.69 Å². The Bertz CT molecular complexity index is 564. The van der Waals surface area contributed by atoms with Crippen molar-refractivity contribution in [3.05, 3.63) is 53.1 Å². The summed E-state index contributed by atoms with van der Waals surface area (Å²) >= 11 is 0. The fourth-order valence-electron chi connectivity index (χ4n) is 1.49. The predicted octanol–water partition coefficient (Wildman–Crippen LogP) is 4.17. The average Bonchev–Trinajstić information content (AvgIpc) is 2.38. The zero-order valence-corrected chi connectivity index (χ0v) is 8.98. The van der Waals surface area contributed by atoms with Gasteiger partial charge in [-0.25, -0.2) is 0 Å². The van der Waals surface area contributed by atoms with Crippen LogP contribution in [0.1, 0.15) is 5.56 Å². The van der Waals surface area contributed by atoms with Gasteiger partial charge >= 0.3 is 6.18 Å². The Morgan fingerprint density at radius 1 is 1.06 bits per heavy atom. The second-order valence-corrected chi connectivity index (χ2v) is 3.54. The number of rotatable bonds is 2. The maximum atomic E-state index is 12.4. The topological polar surface area (TPSA) is 42.3 Å². The van der Waals surface area contributed by atoms with Crippen LogP contribution in [0.4, 0.5) is 18.9 Å². The van der Waals surface area contributed by atoms with E-state index < -0.39 is 11.7 Å². The molecule has 0 radical (unpaired) electrons. The Hall–Kier alpha value is -2.24. The first-order valence-electron chi connectivity index (χ1n) is 4.98. The van der Waals surface area contributed by atoms with E-state index in [0.717, 1.165) is 12.3 Å². The third kappa shape index (κ3) is 2.37. The van der Waals surface area contributed by atoms with E-state index in [0.29, 0.717) is 5.56 Å². The van der Waals surface area contributed by atoms with E-state index in [4.69, 9.17) is 0 Å². The summed E-state index contributed by atoms with van der Waals surface area (Å²) < 4.78 is 37.1. The molecule has 1 aromatic carbocycles. The van der Waals surface area contributed by atoms with Crippen LogP contribution in [0.3, 0.4) is 0 Å². The van der Waals surface area contributed by atoms with Gasteiger partial charge in [0.25, 0.3) is 0 Å². The van der Waals surface area contributed by atoms with Crippen molar-refractivity contribution in [1.82, 2.24) is 4.98 Å². The first kappa shape index (κ1) is 12.2. The number of halogens is 3. The molecule has 0 saturated heterocycles. The summed E-state index contributed by atoms with van der Waals surface area (Å²) in [5.74, 6) is 0. The van der Waals surface area contributed by atoms with E-state index in [-0.39, 0.29) is 11.4 Å². The fraction of sp³-hybridized carbons (Fsp3) is 0.0833. The predicted molar refractivity (Wildman–Crippen MR) is 60.1 cm³/mol. The lowest BCUT2D eigenvalue weighted by Crippen LogP contribution is -2.05. The van der Waals surface area contributed by atoms with Gasteiger partial charge in [0.1, 0.15) is 5.69 Å². The summed E-state index contributed by atoms with van der Waals surface area (Å²) in [6, 6.07) is 8.46. The molecule has 1 heterocycles. The molecule has 0 aliphatic rings. The van der Waals surface area contributed by atoms with Crippen LogP contribution in [-0.4, -0.2) is 4.98 Å². The van der Waals surface area contributed by atoms with Gasteiger partial charge in [-0.3, -0.25) is 4.98 Å². The molecule has 0 aliphatic carbocycles. The number of hydrogen-bond donors (Lipinski definition) is 0. The molecule has 6 heteroatoms. The third-order valence-corrected chi connectivity index (χ3v) is 2.37. The SMILES string of the molecule is O=Nc1ccccc1-c1ccc(C(F)(F)F)cn1. The average molecular weight is 252 g/mol. The molecule has 92 valence electrons. The van der Waals surface area contributed by atoms with Crippen LogP contribution in [0, 0.1) is 4.91 Å². The van der Waals surface area contributed by atoms with Gasteiger partial charge in [-0.1, -0.05) is 18.2 Å². The van der Waals surface area contributed by atoms with Crippen molar-refractivity contribution in [2.45, 2.75) is 6.18 Å². The Morgan fingerprint density at radius 3 is 2.33 bits per heavy atom. The third-order valence-electron chi connectivity index (χ3n) is 2.37. The number of nitrogens with zero attached hydrogens (tertiary/aromatic N) is 2. The van der Waals surface area contributed by atoms with E-state index in [2.05, 4.69) is 10.2 Å². The van der Waals surface area contributed by atoms with Crippen LogP contribution in [0.15, 0.2) is 47.8 Å². The molecule has 1 aromatic heterocycles. The maximum Gasteiger partial charge on any atom is 0.417 e. The Morgan fingerprint density at radius 2 is 1.78 bits per heavy atom. The molecule has 2 rings (SSSR count). The highest BCUT2D eigenvalue weighted by Crippen LogP contribution is 2.32. The monoisotopic (exact) mass is 252 g/mol. The van der Waals surface area contributed by atoms with Crippen molar-refractivity contribution in [3.63, 3.8) is 0 Å². The molecule has 0 atom stereocenters. The lowest BCUT2D eigenvalue weighted by Gasteiger charge is -2.07. The van der Waals surface area contributed by atoms with Gasteiger partial charge in [-0.15, -0.1) is 4.91 Å². The summed E-state index contributed by atoms with van der Waals surface area (Å²) in [5.41, 5.74) is -0.00743. The molecule has 3 nitrogen and oxygen atoms in total. The van der Waals surface area contributed by atoms with Crippen molar-refractivity contribution in [1.29, 1.82) is 0 Å². The van der Waals surface area contributed by atoms with E-state index >= 15 is 0 Å². The summed E-state index contributed by atoms with van der Waals surface area (Å²) in [6.45, 7) is 0. The second kappa shape index (κ2) is 4.56. The minimum atomic E-state index is -4.42. The lowest BCUT2D eigenvalue weighted by molar-refractivity contribution is -0.137. The van der Waals surface area contributed by atoms with Crippen LogP contribution in [-0.2, 0) is 6.18 Å². The summed E-state index contributed by atoms with van der Waals surface area (Å²) in [7, 11) is 0. The van der Waals surface area contributed by atoms with Gasteiger partial charge in [0.15, 0.2) is 0 Å². The highest BCUT2D eigenvalue weighted by molar-refractivity contribution is 5.72. The standard InChI is InChI=1S/C12H7F3N2O/c13-12(14,15)8-5-6-10(16-7-8)9-3-1-2-4-11(9)17-18/h1-7H. The number of aromatic nitrogens is 1. The molecular weight excluding hydrogens is 245 g/mol. The summed E-state index contributed by atoms with van der Waals surface area (Å²) in [4.78, 5) is 14.3. The van der Waals surface area contributed by atoms with Crippen LogP contribution in [0.25, 0.3) is 11.3 Å². The van der Waals surface area contributed by atoms with Gasteiger partial charge in [0.2, 0.25) is 0 Å². The molecule has 2 aromatic rings. The zero-order valence-electron chi connectivity index (χ0n) is 8.98. The molecule has 0 amide bonds. The Balaban J connectivity index is 2.44. The van der Waals surface area contributed by atoms with Crippen molar-refractivity contribution in [2.24, 2.45) is 5.18 Å². The Kier molecular flexibility index (Phi) is 3.10. The number of hydrogen-bond acceptors (Lipinski definition) is 3. The first-order valence-corrected chi connectivity index (χ1v) is 4.98. The minimum absolute atomic E-state index is 0.143. The quantitative estimate of drug-likeness (QED) is 0.753. The van der Waals surface area contributed by atoms with Gasteiger partial charge < -0.3 is 0 Å². The first-order chi connectivity index (χ1) is 8.52. The van der Waals surface area contributed by atoms with E-state index in [1.165, 1.54) is 12.1 Å². The van der Waals surface area contributed by atoms with E-state index in [1.807, 2.05) is 0 Å². The summed E-state index contributed by atoms with van der Waals surface area (Å²) in [5, 5.41) is 2.81. The largest absolute Gasteiger partial charge is 0.417 e. The fourth-order valence-corrected chi connectivity index (χ4v) is 1.49. The number of pyridine rings is 1. The Labute approximate surface area is 100 Å². The molecule has 0 saturated carbocycles. The molecule has 0 bridgehead atoms. The zero-order chi connectivity index (χ0) is 13.2. The normalized spacial score (nSPS) is 11.3. The van der Waals surface area contributed by atoms with Crippen LogP contribution < -0.4 is 0 Å². The maximum absolute atomic E-state index is 12.4. The van der Waals surface area contributed by atoms with Gasteiger partial charge in [-0.05, 0) is 23.4 Å². The van der Waals surface area contributed by atoms with Gasteiger partial charge in [0.05, 0.1) is 11.3 Å². The molecule has 0 unspecified atom stereocenters. The highest BCUT2D eigenvalue weighted by atomic mass is 19.4. The lowest BCUT2D eigenvalue weighted by atomic mass is 10.1. The van der Waals surface area contributed by atoms with Crippen LogP contribution in [0.2, 0.25) is 0 Å². The van der Waals surface area contributed by atoms with Crippen LogP contribution in [0.5, 0.6) is 0 Å². The number of nitroso groups, excluding NO2 is 1. The minimum Gasteiger partial charge on any atom is -0.256 e. The summed E-state index contributed by atoms with van der Waals surface area (Å²) in [6.07, 6.45) is -3.69. The van der Waals surface area contributed by atoms with E-state index in [9.17, 15) is 18.1 Å². The highest BCUT2D eigenvalue weighted by Gasteiger charge is 2.30. The van der Waals surface area contributed by atoms with Crippen LogP contribution >= 0.6 is 0 Å². The van der Waals surface area contributed by atoms with Gasteiger partial charge in [0, 0.05) is 11.8 Å². The van der Waals surface area contributed by atoms with E-state index in [1.54, 1.807) is 18.2 Å². The van der Waals surface area contributed by atoms with Gasteiger partial charge in [-0.2, -0.15) is 13.2 Å². The van der Waals surface area contributed by atoms with Crippen molar-refractivity contribution in [2.75, 3.05) is 0 Å². The molecule has 18 heavy (non-hydrogen) atoms. The van der Waals surface area contributed by atoms with Crippen molar-refractivity contribution in [3.8, 4) is 11.3 Å². The van der Waals surface area contributed by atoms with Crippen molar-refractivity contribution < 1.29 is 13.2 Å². The number of benzene rings is 1. The second-order valence-electron chi connectivity index (χ2n) is 3.54. The molecule has 0 aliphatic heterocycles. The molecule has 0 fully saturated rings. The molecular formula is C12H7F3N2O. The molecule has 0 spiro atoms. The number of alkyl halides is 3.